The van der Waals surface area contributed by atoms with Gasteiger partial charge >= 0.3 is 0 Å². The second kappa shape index (κ2) is 4.54. The summed E-state index contributed by atoms with van der Waals surface area (Å²) in [5.74, 6) is 0.943. The Kier molecular flexibility index (Phi) is 2.88. The lowest BCUT2D eigenvalue weighted by molar-refractivity contribution is 0.314. The van der Waals surface area contributed by atoms with Crippen LogP contribution in [0, 0.1) is 6.92 Å². The van der Waals surface area contributed by atoms with Crippen LogP contribution in [-0.2, 0) is 0 Å². The monoisotopic (exact) mass is 259 g/mol. The fourth-order valence-corrected chi connectivity index (χ4v) is 2.57. The summed E-state index contributed by atoms with van der Waals surface area (Å²) in [6, 6.07) is 14.1. The van der Waals surface area contributed by atoms with E-state index in [-0.39, 0.29) is 0 Å². The van der Waals surface area contributed by atoms with Gasteiger partial charge in [-0.3, -0.25) is 0 Å². The number of nitrogens with zero attached hydrogens (tertiary/aromatic N) is 1. The molecule has 1 aliphatic heterocycles. The predicted octanol–water partition coefficient (Wildman–Crippen LogP) is 4.18. The molecule has 1 aliphatic rings. The molecule has 0 unspecified atom stereocenters. The zero-order valence-electron chi connectivity index (χ0n) is 10.2. The van der Waals surface area contributed by atoms with Crippen LogP contribution < -0.4 is 9.64 Å². The standard InChI is InChI=1S/C15H14ClNO/c1-11-10-12(16)6-7-13(11)17-8-9-18-15-5-3-2-4-14(15)17/h2-7,10H,8-9H2,1H3. The van der Waals surface area contributed by atoms with Gasteiger partial charge in [0, 0.05) is 10.7 Å². The molecule has 1 heterocycles. The Bertz CT molecular complexity index is 582. The van der Waals surface area contributed by atoms with Crippen LogP contribution in [0.15, 0.2) is 42.5 Å². The van der Waals surface area contributed by atoms with E-state index in [4.69, 9.17) is 16.3 Å². The molecule has 2 nitrogen and oxygen atoms in total. The first-order valence-electron chi connectivity index (χ1n) is 6.01. The first-order valence-corrected chi connectivity index (χ1v) is 6.39. The van der Waals surface area contributed by atoms with Gasteiger partial charge in [0.05, 0.1) is 12.2 Å². The maximum atomic E-state index is 6.01. The smallest absolute Gasteiger partial charge is 0.143 e. The van der Waals surface area contributed by atoms with Crippen LogP contribution in [0.4, 0.5) is 11.4 Å². The summed E-state index contributed by atoms with van der Waals surface area (Å²) in [7, 11) is 0. The molecule has 0 fully saturated rings. The number of para-hydroxylation sites is 2. The fourth-order valence-electron chi connectivity index (χ4n) is 2.34. The van der Waals surface area contributed by atoms with Crippen LogP contribution in [-0.4, -0.2) is 13.2 Å². The largest absolute Gasteiger partial charge is 0.490 e. The highest BCUT2D eigenvalue weighted by atomic mass is 35.5. The molecule has 2 aromatic rings. The van der Waals surface area contributed by atoms with E-state index in [1.54, 1.807) is 0 Å². The first-order chi connectivity index (χ1) is 8.75. The molecule has 0 aliphatic carbocycles. The van der Waals surface area contributed by atoms with E-state index in [0.29, 0.717) is 6.61 Å². The van der Waals surface area contributed by atoms with E-state index in [9.17, 15) is 0 Å². The van der Waals surface area contributed by atoms with Crippen molar-refractivity contribution in [2.45, 2.75) is 6.92 Å². The van der Waals surface area contributed by atoms with E-state index in [1.165, 1.54) is 11.3 Å². The van der Waals surface area contributed by atoms with Crippen molar-refractivity contribution in [3.05, 3.63) is 53.1 Å². The molecule has 92 valence electrons. The third-order valence-electron chi connectivity index (χ3n) is 3.18. The molecule has 3 rings (SSSR count). The Morgan fingerprint density at radius 1 is 1.11 bits per heavy atom. The van der Waals surface area contributed by atoms with Gasteiger partial charge in [-0.05, 0) is 42.8 Å². The van der Waals surface area contributed by atoms with Gasteiger partial charge in [-0.2, -0.15) is 0 Å². The van der Waals surface area contributed by atoms with Gasteiger partial charge in [0.1, 0.15) is 12.4 Å². The highest BCUT2D eigenvalue weighted by Gasteiger charge is 2.19. The lowest BCUT2D eigenvalue weighted by Crippen LogP contribution is -2.28. The van der Waals surface area contributed by atoms with Crippen LogP contribution >= 0.6 is 11.6 Å². The summed E-state index contributed by atoms with van der Waals surface area (Å²) < 4.78 is 5.67. The van der Waals surface area contributed by atoms with E-state index >= 15 is 0 Å². The molecule has 3 heteroatoms. The third-order valence-corrected chi connectivity index (χ3v) is 3.41. The van der Waals surface area contributed by atoms with Crippen molar-refractivity contribution in [3.8, 4) is 5.75 Å². The quantitative estimate of drug-likeness (QED) is 0.762. The van der Waals surface area contributed by atoms with E-state index in [2.05, 4.69) is 24.0 Å². The minimum atomic E-state index is 0.707. The van der Waals surface area contributed by atoms with Gasteiger partial charge in [0.2, 0.25) is 0 Å². The molecule has 18 heavy (non-hydrogen) atoms. The number of benzene rings is 2. The molecule has 0 amide bonds. The maximum absolute atomic E-state index is 6.01. The second-order valence-electron chi connectivity index (χ2n) is 4.40. The average Bonchev–Trinajstić information content (AvgIpc) is 2.38. The molecule has 0 spiro atoms. The number of ether oxygens (including phenoxy) is 1. The summed E-state index contributed by atoms with van der Waals surface area (Å²) in [6.07, 6.45) is 0. The zero-order valence-corrected chi connectivity index (χ0v) is 10.9. The number of hydrogen-bond donors (Lipinski definition) is 0. The second-order valence-corrected chi connectivity index (χ2v) is 4.84. The summed E-state index contributed by atoms with van der Waals surface area (Å²) in [5, 5.41) is 0.776. The molecule has 0 bridgehead atoms. The molecule has 0 saturated heterocycles. The molecule has 0 saturated carbocycles. The number of anilines is 2. The van der Waals surface area contributed by atoms with Gasteiger partial charge in [0.25, 0.3) is 0 Å². The van der Waals surface area contributed by atoms with Gasteiger partial charge in [-0.25, -0.2) is 0 Å². The molecule has 2 aromatic carbocycles. The van der Waals surface area contributed by atoms with Crippen molar-refractivity contribution >= 4 is 23.0 Å². The van der Waals surface area contributed by atoms with Gasteiger partial charge in [-0.15, -0.1) is 0 Å². The van der Waals surface area contributed by atoms with E-state index < -0.39 is 0 Å². The number of aryl methyl sites for hydroxylation is 1. The van der Waals surface area contributed by atoms with E-state index in [0.717, 1.165) is 23.0 Å². The van der Waals surface area contributed by atoms with E-state index in [1.807, 2.05) is 30.3 Å². The Balaban J connectivity index is 2.08. The van der Waals surface area contributed by atoms with Crippen molar-refractivity contribution in [2.24, 2.45) is 0 Å². The minimum absolute atomic E-state index is 0.707. The minimum Gasteiger partial charge on any atom is -0.490 e. The lowest BCUT2D eigenvalue weighted by Gasteiger charge is -2.32. The SMILES string of the molecule is Cc1cc(Cl)ccc1N1CCOc2ccccc21. The highest BCUT2D eigenvalue weighted by molar-refractivity contribution is 6.30. The van der Waals surface area contributed by atoms with Crippen molar-refractivity contribution < 1.29 is 4.74 Å². The zero-order chi connectivity index (χ0) is 12.5. The molecule has 0 radical (unpaired) electrons. The molecular formula is C15H14ClNO. The average molecular weight is 260 g/mol. The Labute approximate surface area is 112 Å². The number of halogens is 1. The number of fused-ring (bicyclic) bond motifs is 1. The predicted molar refractivity (Wildman–Crippen MR) is 75.1 cm³/mol. The van der Waals surface area contributed by atoms with Crippen LogP contribution in [0.3, 0.4) is 0 Å². The van der Waals surface area contributed by atoms with Gasteiger partial charge in [-0.1, -0.05) is 23.7 Å². The van der Waals surface area contributed by atoms with Gasteiger partial charge < -0.3 is 9.64 Å². The van der Waals surface area contributed by atoms with Crippen molar-refractivity contribution in [2.75, 3.05) is 18.1 Å². The highest BCUT2D eigenvalue weighted by Crippen LogP contribution is 2.37. The van der Waals surface area contributed by atoms with Crippen LogP contribution in [0.2, 0.25) is 5.02 Å². The first kappa shape index (κ1) is 11.4. The van der Waals surface area contributed by atoms with Crippen LogP contribution in [0.1, 0.15) is 5.56 Å². The third kappa shape index (κ3) is 1.93. The molecule has 0 aromatic heterocycles. The summed E-state index contributed by atoms with van der Waals surface area (Å²) >= 11 is 6.01. The Morgan fingerprint density at radius 3 is 2.78 bits per heavy atom. The molecular weight excluding hydrogens is 246 g/mol. The molecule has 0 N–H and O–H groups in total. The lowest BCUT2D eigenvalue weighted by atomic mass is 10.1. The van der Waals surface area contributed by atoms with Crippen molar-refractivity contribution in [3.63, 3.8) is 0 Å². The fraction of sp³-hybridized carbons (Fsp3) is 0.200. The van der Waals surface area contributed by atoms with Crippen molar-refractivity contribution in [1.82, 2.24) is 0 Å². The Hall–Kier alpha value is -1.67. The normalized spacial score (nSPS) is 14.0. The van der Waals surface area contributed by atoms with Crippen molar-refractivity contribution in [1.29, 1.82) is 0 Å². The number of rotatable bonds is 1. The van der Waals surface area contributed by atoms with Crippen LogP contribution in [0.5, 0.6) is 5.75 Å². The Morgan fingerprint density at radius 2 is 1.94 bits per heavy atom. The summed E-state index contributed by atoms with van der Waals surface area (Å²) in [5.41, 5.74) is 3.49. The molecule has 0 atom stereocenters. The maximum Gasteiger partial charge on any atom is 0.143 e. The number of hydrogen-bond acceptors (Lipinski definition) is 2. The summed E-state index contributed by atoms with van der Waals surface area (Å²) in [4.78, 5) is 2.28. The summed E-state index contributed by atoms with van der Waals surface area (Å²) in [6.45, 7) is 3.65. The van der Waals surface area contributed by atoms with Crippen LogP contribution in [0.25, 0.3) is 0 Å². The topological polar surface area (TPSA) is 12.5 Å². The van der Waals surface area contributed by atoms with Gasteiger partial charge in [0.15, 0.2) is 0 Å².